The number of nitrogens with zero attached hydrogens (tertiary/aromatic N) is 3. The highest BCUT2D eigenvalue weighted by Crippen LogP contribution is 2.24. The van der Waals surface area contributed by atoms with E-state index >= 15 is 0 Å². The number of benzene rings is 1. The minimum atomic E-state index is 0.0175. The molecule has 130 valence electrons. The van der Waals surface area contributed by atoms with Crippen molar-refractivity contribution >= 4 is 52.1 Å². The highest BCUT2D eigenvalue weighted by Gasteiger charge is 2.14. The minimum absolute atomic E-state index is 0.0175. The summed E-state index contributed by atoms with van der Waals surface area (Å²) in [5.74, 6) is 1.67. The molecule has 25 heavy (non-hydrogen) atoms. The van der Waals surface area contributed by atoms with Crippen LogP contribution in [0.25, 0.3) is 0 Å². The number of carbonyl (C=O) groups excluding carboxylic acids is 1. The fourth-order valence-corrected chi connectivity index (χ4v) is 3.95. The number of thioether (sulfide) groups is 1. The summed E-state index contributed by atoms with van der Waals surface area (Å²) in [6.07, 6.45) is 0. The third-order valence-electron chi connectivity index (χ3n) is 3.29. The van der Waals surface area contributed by atoms with Crippen LogP contribution >= 0.6 is 46.3 Å². The van der Waals surface area contributed by atoms with E-state index in [2.05, 4.69) is 10.2 Å². The van der Waals surface area contributed by atoms with Gasteiger partial charge in [-0.3, -0.25) is 4.79 Å². The Bertz CT molecular complexity index is 878. The van der Waals surface area contributed by atoms with E-state index in [1.54, 1.807) is 36.4 Å². The van der Waals surface area contributed by atoms with Crippen molar-refractivity contribution < 1.29 is 9.53 Å². The van der Waals surface area contributed by atoms with Crippen LogP contribution in [0.1, 0.15) is 15.5 Å². The maximum Gasteiger partial charge on any atom is 0.191 e. The molecule has 0 N–H and O–H groups in total. The number of aromatic nitrogens is 3. The molecule has 0 atom stereocenters. The number of hydrogen-bond acceptors (Lipinski definition) is 6. The van der Waals surface area contributed by atoms with E-state index in [1.165, 1.54) is 23.1 Å². The second-order valence-electron chi connectivity index (χ2n) is 5.02. The molecule has 0 radical (unpaired) electrons. The van der Waals surface area contributed by atoms with Gasteiger partial charge < -0.3 is 9.30 Å². The molecular weight excluding hydrogens is 401 g/mol. The van der Waals surface area contributed by atoms with Crippen molar-refractivity contribution in [1.82, 2.24) is 14.8 Å². The van der Waals surface area contributed by atoms with Gasteiger partial charge in [-0.25, -0.2) is 0 Å². The number of ether oxygens (including phenoxy) is 1. The monoisotopic (exact) mass is 413 g/mol. The Kier molecular flexibility index (Phi) is 6.01. The van der Waals surface area contributed by atoms with Gasteiger partial charge in [0.2, 0.25) is 0 Å². The molecule has 0 saturated heterocycles. The highest BCUT2D eigenvalue weighted by molar-refractivity contribution is 7.99. The van der Waals surface area contributed by atoms with Crippen molar-refractivity contribution in [3.8, 4) is 5.75 Å². The van der Waals surface area contributed by atoms with Gasteiger partial charge in [-0.05, 0) is 36.4 Å². The van der Waals surface area contributed by atoms with Gasteiger partial charge in [0.05, 0.1) is 15.0 Å². The predicted octanol–water partition coefficient (Wildman–Crippen LogP) is 4.74. The van der Waals surface area contributed by atoms with Crippen LogP contribution < -0.4 is 4.74 Å². The van der Waals surface area contributed by atoms with Crippen LogP contribution in [-0.2, 0) is 13.7 Å². The van der Waals surface area contributed by atoms with Gasteiger partial charge in [0, 0.05) is 12.1 Å². The lowest BCUT2D eigenvalue weighted by atomic mass is 10.3. The molecule has 0 aliphatic heterocycles. The molecule has 0 fully saturated rings. The Morgan fingerprint density at radius 3 is 2.64 bits per heavy atom. The lowest BCUT2D eigenvalue weighted by Crippen LogP contribution is -2.05. The van der Waals surface area contributed by atoms with Crippen LogP contribution in [-0.4, -0.2) is 26.3 Å². The Morgan fingerprint density at radius 1 is 1.20 bits per heavy atom. The molecule has 3 rings (SSSR count). The largest absolute Gasteiger partial charge is 0.486 e. The molecule has 0 spiro atoms. The van der Waals surface area contributed by atoms with E-state index in [1.807, 2.05) is 11.6 Å². The lowest BCUT2D eigenvalue weighted by Gasteiger charge is -2.06. The van der Waals surface area contributed by atoms with Gasteiger partial charge in [0.25, 0.3) is 0 Å². The Hall–Kier alpha value is -1.54. The second-order valence-corrected chi connectivity index (χ2v) is 8.11. The fourth-order valence-electron chi connectivity index (χ4n) is 1.94. The first-order chi connectivity index (χ1) is 12.0. The molecule has 9 heteroatoms. The minimum Gasteiger partial charge on any atom is -0.486 e. The topological polar surface area (TPSA) is 57.0 Å². The molecule has 0 aliphatic carbocycles. The Morgan fingerprint density at radius 2 is 1.96 bits per heavy atom. The summed E-state index contributed by atoms with van der Waals surface area (Å²) in [5.41, 5.74) is 0. The van der Waals surface area contributed by atoms with Gasteiger partial charge in [-0.1, -0.05) is 35.0 Å². The number of hydrogen-bond donors (Lipinski definition) is 0. The molecular formula is C16H13Cl2N3O2S2. The van der Waals surface area contributed by atoms with E-state index < -0.39 is 0 Å². The molecule has 1 aromatic carbocycles. The maximum atomic E-state index is 12.1. The Labute approximate surface area is 162 Å². The average molecular weight is 414 g/mol. The van der Waals surface area contributed by atoms with E-state index in [4.69, 9.17) is 27.9 Å². The van der Waals surface area contributed by atoms with Crippen molar-refractivity contribution in [3.05, 3.63) is 56.5 Å². The van der Waals surface area contributed by atoms with Crippen LogP contribution in [0.5, 0.6) is 5.75 Å². The number of thiophene rings is 1. The first kappa shape index (κ1) is 18.3. The predicted molar refractivity (Wildman–Crippen MR) is 101 cm³/mol. The van der Waals surface area contributed by atoms with E-state index in [0.29, 0.717) is 31.0 Å². The van der Waals surface area contributed by atoms with Crippen molar-refractivity contribution in [2.75, 3.05) is 5.75 Å². The first-order valence-electron chi connectivity index (χ1n) is 7.21. The van der Waals surface area contributed by atoms with Gasteiger partial charge in [0.1, 0.15) is 12.4 Å². The summed E-state index contributed by atoms with van der Waals surface area (Å²) >= 11 is 14.3. The summed E-state index contributed by atoms with van der Waals surface area (Å²) < 4.78 is 8.09. The summed E-state index contributed by atoms with van der Waals surface area (Å²) in [6, 6.07) is 10.6. The molecule has 0 saturated carbocycles. The normalized spacial score (nSPS) is 10.8. The summed E-state index contributed by atoms with van der Waals surface area (Å²) in [5, 5.41) is 9.54. The number of ketones is 1. The van der Waals surface area contributed by atoms with Gasteiger partial charge in [0.15, 0.2) is 16.8 Å². The first-order valence-corrected chi connectivity index (χ1v) is 9.76. The van der Waals surface area contributed by atoms with Gasteiger partial charge in [-0.15, -0.1) is 21.5 Å². The SMILES string of the molecule is Cn1c(COc2ccc(Cl)cc2)nnc1SCC(=O)c1ccc(Cl)s1. The smallest absolute Gasteiger partial charge is 0.191 e. The summed E-state index contributed by atoms with van der Waals surface area (Å²) in [6.45, 7) is 0.278. The third-order valence-corrected chi connectivity index (χ3v) is 5.83. The molecule has 3 aromatic rings. The standard InChI is InChI=1S/C16H13Cl2N3O2S2/c1-21-15(8-23-11-4-2-10(17)3-5-11)19-20-16(21)24-9-12(22)13-6-7-14(18)25-13/h2-7H,8-9H2,1H3. The van der Waals surface area contributed by atoms with Crippen LogP contribution in [0.15, 0.2) is 41.6 Å². The molecule has 0 bridgehead atoms. The van der Waals surface area contributed by atoms with E-state index in [0.717, 1.165) is 0 Å². The Balaban J connectivity index is 1.57. The molecule has 2 aromatic heterocycles. The number of halogens is 2. The zero-order chi connectivity index (χ0) is 17.8. The van der Waals surface area contributed by atoms with E-state index in [-0.39, 0.29) is 18.1 Å². The zero-order valence-electron chi connectivity index (χ0n) is 13.1. The van der Waals surface area contributed by atoms with Gasteiger partial charge >= 0.3 is 0 Å². The van der Waals surface area contributed by atoms with Crippen molar-refractivity contribution in [3.63, 3.8) is 0 Å². The summed E-state index contributed by atoms with van der Waals surface area (Å²) in [7, 11) is 1.84. The molecule has 0 amide bonds. The van der Waals surface area contributed by atoms with Crippen molar-refractivity contribution in [2.45, 2.75) is 11.8 Å². The van der Waals surface area contributed by atoms with Crippen LogP contribution in [0.4, 0.5) is 0 Å². The second kappa shape index (κ2) is 8.23. The van der Waals surface area contributed by atoms with Crippen molar-refractivity contribution in [1.29, 1.82) is 0 Å². The van der Waals surface area contributed by atoms with Crippen LogP contribution in [0.3, 0.4) is 0 Å². The number of Topliss-reactive ketones (excluding diaryl/α,β-unsaturated/α-hetero) is 1. The number of carbonyl (C=O) groups is 1. The van der Waals surface area contributed by atoms with Gasteiger partial charge in [-0.2, -0.15) is 0 Å². The fraction of sp³-hybridized carbons (Fsp3) is 0.188. The van der Waals surface area contributed by atoms with Crippen LogP contribution in [0, 0.1) is 0 Å². The van der Waals surface area contributed by atoms with Crippen molar-refractivity contribution in [2.24, 2.45) is 7.05 Å². The lowest BCUT2D eigenvalue weighted by molar-refractivity contribution is 0.102. The summed E-state index contributed by atoms with van der Waals surface area (Å²) in [4.78, 5) is 12.8. The maximum absolute atomic E-state index is 12.1. The number of rotatable bonds is 7. The molecule has 5 nitrogen and oxygen atoms in total. The quantitative estimate of drug-likeness (QED) is 0.413. The van der Waals surface area contributed by atoms with E-state index in [9.17, 15) is 4.79 Å². The third kappa shape index (κ3) is 4.76. The molecule has 2 heterocycles. The highest BCUT2D eigenvalue weighted by atomic mass is 35.5. The average Bonchev–Trinajstić information content (AvgIpc) is 3.19. The van der Waals surface area contributed by atoms with Crippen LogP contribution in [0.2, 0.25) is 9.36 Å². The molecule has 0 unspecified atom stereocenters. The molecule has 0 aliphatic rings. The zero-order valence-corrected chi connectivity index (χ0v) is 16.3.